The van der Waals surface area contributed by atoms with Gasteiger partial charge in [0, 0.05) is 10.6 Å². The molecule has 0 saturated carbocycles. The van der Waals surface area contributed by atoms with Crippen molar-refractivity contribution in [2.45, 2.75) is 6.42 Å². The highest BCUT2D eigenvalue weighted by molar-refractivity contribution is 6.31. The van der Waals surface area contributed by atoms with E-state index in [9.17, 15) is 5.11 Å². The second-order valence-corrected chi connectivity index (χ2v) is 3.87. The predicted molar refractivity (Wildman–Crippen MR) is 53.2 cm³/mol. The fraction of sp³-hybridized carbons (Fsp3) is 0.400. The number of aromatic hydroxyl groups is 1. The van der Waals surface area contributed by atoms with Crippen LogP contribution in [0.4, 0.5) is 0 Å². The Morgan fingerprint density at radius 1 is 1.46 bits per heavy atom. The molecular weight excluding hydrogens is 186 g/mol. The minimum absolute atomic E-state index is 0.319. The molecule has 3 heteroatoms. The normalized spacial score (nSPS) is 17.0. The van der Waals surface area contributed by atoms with E-state index in [2.05, 4.69) is 5.32 Å². The SMILES string of the molecule is Oc1cccc(Cl)c1CC1CNC1. The summed E-state index contributed by atoms with van der Waals surface area (Å²) in [7, 11) is 0. The highest BCUT2D eigenvalue weighted by Crippen LogP contribution is 2.28. The van der Waals surface area contributed by atoms with Gasteiger partial charge < -0.3 is 10.4 Å². The molecule has 2 N–H and O–H groups in total. The van der Waals surface area contributed by atoms with E-state index in [0.717, 1.165) is 25.1 Å². The van der Waals surface area contributed by atoms with Crippen molar-refractivity contribution in [2.75, 3.05) is 13.1 Å². The van der Waals surface area contributed by atoms with E-state index >= 15 is 0 Å². The van der Waals surface area contributed by atoms with E-state index in [1.54, 1.807) is 12.1 Å². The minimum Gasteiger partial charge on any atom is -0.508 e. The highest BCUT2D eigenvalue weighted by Gasteiger charge is 2.19. The molecule has 1 saturated heterocycles. The van der Waals surface area contributed by atoms with Gasteiger partial charge in [0.2, 0.25) is 0 Å². The van der Waals surface area contributed by atoms with Crippen LogP contribution in [0.5, 0.6) is 5.75 Å². The molecule has 1 aliphatic rings. The summed E-state index contributed by atoms with van der Waals surface area (Å²) in [5, 5.41) is 13.4. The van der Waals surface area contributed by atoms with E-state index in [0.29, 0.717) is 16.7 Å². The Balaban J connectivity index is 2.17. The number of nitrogens with one attached hydrogen (secondary N) is 1. The molecule has 1 aliphatic heterocycles. The molecule has 1 heterocycles. The average molecular weight is 198 g/mol. The zero-order valence-electron chi connectivity index (χ0n) is 7.26. The van der Waals surface area contributed by atoms with Crippen LogP contribution in [0, 0.1) is 5.92 Å². The Morgan fingerprint density at radius 3 is 2.77 bits per heavy atom. The van der Waals surface area contributed by atoms with E-state index in [1.165, 1.54) is 0 Å². The van der Waals surface area contributed by atoms with Crippen LogP contribution < -0.4 is 5.32 Å². The van der Waals surface area contributed by atoms with Crippen LogP contribution in [0.2, 0.25) is 5.02 Å². The van der Waals surface area contributed by atoms with Crippen molar-refractivity contribution in [2.24, 2.45) is 5.92 Å². The van der Waals surface area contributed by atoms with Crippen molar-refractivity contribution < 1.29 is 5.11 Å². The average Bonchev–Trinajstić information content (AvgIpc) is 2.00. The number of hydrogen-bond acceptors (Lipinski definition) is 2. The van der Waals surface area contributed by atoms with E-state index in [1.807, 2.05) is 6.07 Å². The second-order valence-electron chi connectivity index (χ2n) is 3.47. The molecule has 0 spiro atoms. The molecule has 0 aliphatic carbocycles. The fourth-order valence-electron chi connectivity index (χ4n) is 1.53. The third-order valence-electron chi connectivity index (χ3n) is 2.45. The summed E-state index contributed by atoms with van der Waals surface area (Å²) in [4.78, 5) is 0. The molecule has 2 rings (SSSR count). The van der Waals surface area contributed by atoms with Crippen LogP contribution in [0.15, 0.2) is 18.2 Å². The second kappa shape index (κ2) is 3.56. The van der Waals surface area contributed by atoms with Crippen molar-refractivity contribution in [1.82, 2.24) is 5.32 Å². The van der Waals surface area contributed by atoms with Crippen LogP contribution in [-0.4, -0.2) is 18.2 Å². The van der Waals surface area contributed by atoms with E-state index in [4.69, 9.17) is 11.6 Å². The number of hydrogen-bond donors (Lipinski definition) is 2. The zero-order valence-corrected chi connectivity index (χ0v) is 8.01. The molecule has 13 heavy (non-hydrogen) atoms. The van der Waals surface area contributed by atoms with Crippen LogP contribution in [0.25, 0.3) is 0 Å². The number of phenolic OH excluding ortho intramolecular Hbond substituents is 1. The van der Waals surface area contributed by atoms with Gasteiger partial charge in [0.05, 0.1) is 0 Å². The first-order valence-corrected chi connectivity index (χ1v) is 4.82. The lowest BCUT2D eigenvalue weighted by Crippen LogP contribution is -2.43. The first kappa shape index (κ1) is 8.85. The molecule has 1 aromatic carbocycles. The molecule has 70 valence electrons. The topological polar surface area (TPSA) is 32.3 Å². The predicted octanol–water partition coefficient (Wildman–Crippen LogP) is 1.81. The van der Waals surface area contributed by atoms with Crippen molar-refractivity contribution in [3.63, 3.8) is 0 Å². The highest BCUT2D eigenvalue weighted by atomic mass is 35.5. The molecule has 0 unspecified atom stereocenters. The summed E-state index contributed by atoms with van der Waals surface area (Å²) in [6.45, 7) is 2.06. The molecule has 1 fully saturated rings. The Labute approximate surface area is 82.5 Å². The van der Waals surface area contributed by atoms with Gasteiger partial charge in [0.25, 0.3) is 0 Å². The Bertz CT molecular complexity index is 290. The standard InChI is InChI=1S/C10H12ClNO/c11-9-2-1-3-10(13)8(9)4-7-5-12-6-7/h1-3,7,12-13H,4-6H2. The maximum atomic E-state index is 9.55. The lowest BCUT2D eigenvalue weighted by molar-refractivity contribution is 0.341. The minimum atomic E-state index is 0.319. The number of benzene rings is 1. The lowest BCUT2D eigenvalue weighted by atomic mass is 9.94. The summed E-state index contributed by atoms with van der Waals surface area (Å²) in [5.74, 6) is 0.949. The number of rotatable bonds is 2. The first-order chi connectivity index (χ1) is 6.27. The Hall–Kier alpha value is -0.730. The quantitative estimate of drug-likeness (QED) is 0.758. The molecule has 0 atom stereocenters. The summed E-state index contributed by atoms with van der Waals surface area (Å²) < 4.78 is 0. The number of phenols is 1. The fourth-order valence-corrected chi connectivity index (χ4v) is 1.78. The molecular formula is C10H12ClNO. The molecule has 2 nitrogen and oxygen atoms in total. The smallest absolute Gasteiger partial charge is 0.120 e. The summed E-state index contributed by atoms with van der Waals surface area (Å²) in [6, 6.07) is 5.27. The van der Waals surface area contributed by atoms with Crippen molar-refractivity contribution in [1.29, 1.82) is 0 Å². The molecule has 0 radical (unpaired) electrons. The van der Waals surface area contributed by atoms with Crippen molar-refractivity contribution in [3.8, 4) is 5.75 Å². The van der Waals surface area contributed by atoms with Crippen LogP contribution in [-0.2, 0) is 6.42 Å². The van der Waals surface area contributed by atoms with Gasteiger partial charge in [-0.25, -0.2) is 0 Å². The Morgan fingerprint density at radius 2 is 2.23 bits per heavy atom. The van der Waals surface area contributed by atoms with E-state index < -0.39 is 0 Å². The van der Waals surface area contributed by atoms with Crippen molar-refractivity contribution in [3.05, 3.63) is 28.8 Å². The van der Waals surface area contributed by atoms with Crippen LogP contribution in [0.1, 0.15) is 5.56 Å². The molecule has 1 aromatic rings. The Kier molecular flexibility index (Phi) is 2.42. The first-order valence-electron chi connectivity index (χ1n) is 4.44. The zero-order chi connectivity index (χ0) is 9.26. The number of halogens is 1. The van der Waals surface area contributed by atoms with Crippen molar-refractivity contribution >= 4 is 11.6 Å². The van der Waals surface area contributed by atoms with Gasteiger partial charge in [-0.05, 0) is 37.6 Å². The monoisotopic (exact) mass is 197 g/mol. The van der Waals surface area contributed by atoms with Crippen LogP contribution >= 0.6 is 11.6 Å². The van der Waals surface area contributed by atoms with Gasteiger partial charge in [-0.2, -0.15) is 0 Å². The third-order valence-corrected chi connectivity index (χ3v) is 2.81. The summed E-state index contributed by atoms with van der Waals surface area (Å²) >= 11 is 5.97. The largest absolute Gasteiger partial charge is 0.508 e. The summed E-state index contributed by atoms with van der Waals surface area (Å²) in [6.07, 6.45) is 0.874. The van der Waals surface area contributed by atoms with Gasteiger partial charge in [-0.15, -0.1) is 0 Å². The maximum Gasteiger partial charge on any atom is 0.120 e. The van der Waals surface area contributed by atoms with Gasteiger partial charge >= 0.3 is 0 Å². The van der Waals surface area contributed by atoms with E-state index in [-0.39, 0.29) is 0 Å². The van der Waals surface area contributed by atoms with Gasteiger partial charge in [-0.3, -0.25) is 0 Å². The van der Waals surface area contributed by atoms with Gasteiger partial charge in [0.1, 0.15) is 5.75 Å². The maximum absolute atomic E-state index is 9.55. The molecule has 0 aromatic heterocycles. The summed E-state index contributed by atoms with van der Waals surface area (Å²) in [5.41, 5.74) is 0.885. The third kappa shape index (κ3) is 1.79. The molecule has 0 bridgehead atoms. The lowest BCUT2D eigenvalue weighted by Gasteiger charge is -2.27. The van der Waals surface area contributed by atoms with Gasteiger partial charge in [0.15, 0.2) is 0 Å². The molecule has 0 amide bonds. The van der Waals surface area contributed by atoms with Crippen LogP contribution in [0.3, 0.4) is 0 Å². The van der Waals surface area contributed by atoms with Gasteiger partial charge in [-0.1, -0.05) is 17.7 Å².